The maximum Gasteiger partial charge on any atom is 0.248 e. The molecule has 0 fully saturated rings. The van der Waals surface area contributed by atoms with Crippen LogP contribution in [0.4, 0.5) is 5.69 Å². The van der Waals surface area contributed by atoms with Crippen LogP contribution in [0.5, 0.6) is 17.2 Å². The molecule has 0 heterocycles. The van der Waals surface area contributed by atoms with Crippen LogP contribution in [-0.4, -0.2) is 20.1 Å². The number of carbonyl (C=O) groups is 1. The van der Waals surface area contributed by atoms with E-state index in [0.717, 1.165) is 16.7 Å². The first kappa shape index (κ1) is 21.0. The van der Waals surface area contributed by atoms with Crippen LogP contribution < -0.4 is 19.5 Å². The molecule has 30 heavy (non-hydrogen) atoms. The van der Waals surface area contributed by atoms with Crippen LogP contribution in [-0.2, 0) is 11.4 Å². The molecule has 1 N–H and O–H groups in total. The Labute approximate surface area is 176 Å². The van der Waals surface area contributed by atoms with E-state index < -0.39 is 0 Å². The minimum absolute atomic E-state index is 0.268. The molecule has 5 nitrogen and oxygen atoms in total. The van der Waals surface area contributed by atoms with E-state index in [9.17, 15) is 4.79 Å². The summed E-state index contributed by atoms with van der Waals surface area (Å²) in [5, 5.41) is 2.86. The van der Waals surface area contributed by atoms with Crippen molar-refractivity contribution in [1.82, 2.24) is 0 Å². The maximum absolute atomic E-state index is 12.5. The molecule has 0 unspecified atom stereocenters. The molecular weight excluding hydrogens is 378 g/mol. The summed E-state index contributed by atoms with van der Waals surface area (Å²) < 4.78 is 16.8. The van der Waals surface area contributed by atoms with Gasteiger partial charge in [0, 0.05) is 11.6 Å². The van der Waals surface area contributed by atoms with E-state index in [0.29, 0.717) is 29.5 Å². The molecule has 3 aromatic carbocycles. The summed E-state index contributed by atoms with van der Waals surface area (Å²) in [7, 11) is 3.16. The lowest BCUT2D eigenvalue weighted by Gasteiger charge is -2.13. The fraction of sp³-hybridized carbons (Fsp3) is 0.160. The van der Waals surface area contributed by atoms with Gasteiger partial charge in [0.05, 0.1) is 19.9 Å². The van der Waals surface area contributed by atoms with Gasteiger partial charge in [-0.05, 0) is 42.3 Å². The Bertz CT molecular complexity index is 1030. The van der Waals surface area contributed by atoms with Gasteiger partial charge in [-0.25, -0.2) is 0 Å². The molecule has 1 amide bonds. The average molecular weight is 403 g/mol. The SMILES string of the molecule is COc1ccc(C)cc1NC(=O)/C=C/c1cccc(OC)c1OCc1ccccc1. The second-order valence-electron chi connectivity index (χ2n) is 6.68. The van der Waals surface area contributed by atoms with Gasteiger partial charge in [0.2, 0.25) is 5.91 Å². The van der Waals surface area contributed by atoms with Crippen molar-refractivity contribution in [2.45, 2.75) is 13.5 Å². The van der Waals surface area contributed by atoms with E-state index in [2.05, 4.69) is 5.32 Å². The van der Waals surface area contributed by atoms with Crippen LogP contribution in [0.3, 0.4) is 0 Å². The summed E-state index contributed by atoms with van der Waals surface area (Å²) in [6.07, 6.45) is 3.17. The van der Waals surface area contributed by atoms with E-state index in [1.54, 1.807) is 20.3 Å². The summed E-state index contributed by atoms with van der Waals surface area (Å²) in [6.45, 7) is 2.35. The van der Waals surface area contributed by atoms with E-state index in [1.165, 1.54) is 6.08 Å². The van der Waals surface area contributed by atoms with Crippen LogP contribution >= 0.6 is 0 Å². The summed E-state index contributed by atoms with van der Waals surface area (Å²) >= 11 is 0. The number of amides is 1. The van der Waals surface area contributed by atoms with Crippen molar-refractivity contribution < 1.29 is 19.0 Å². The lowest BCUT2D eigenvalue weighted by atomic mass is 10.1. The molecule has 0 aliphatic carbocycles. The van der Waals surface area contributed by atoms with Crippen LogP contribution in [0, 0.1) is 6.92 Å². The lowest BCUT2D eigenvalue weighted by molar-refractivity contribution is -0.111. The van der Waals surface area contributed by atoms with Crippen LogP contribution in [0.15, 0.2) is 72.8 Å². The first-order valence-corrected chi connectivity index (χ1v) is 9.58. The molecule has 5 heteroatoms. The van der Waals surface area contributed by atoms with Gasteiger partial charge in [0.15, 0.2) is 11.5 Å². The standard InChI is InChI=1S/C25H25NO4/c1-18-12-14-22(28-2)21(16-18)26-24(27)15-13-20-10-7-11-23(29-3)25(20)30-17-19-8-5-4-6-9-19/h4-16H,17H2,1-3H3,(H,26,27)/b15-13+. The Morgan fingerprint density at radius 2 is 1.70 bits per heavy atom. The Balaban J connectivity index is 1.77. The van der Waals surface area contributed by atoms with E-state index in [-0.39, 0.29) is 5.91 Å². The molecule has 154 valence electrons. The number of benzene rings is 3. The highest BCUT2D eigenvalue weighted by atomic mass is 16.5. The zero-order valence-corrected chi connectivity index (χ0v) is 17.3. The molecule has 0 bridgehead atoms. The third kappa shape index (κ3) is 5.41. The minimum Gasteiger partial charge on any atom is -0.495 e. The van der Waals surface area contributed by atoms with Crippen molar-refractivity contribution in [2.24, 2.45) is 0 Å². The van der Waals surface area contributed by atoms with Gasteiger partial charge in [-0.2, -0.15) is 0 Å². The number of ether oxygens (including phenoxy) is 3. The molecule has 0 aliphatic rings. The van der Waals surface area contributed by atoms with Crippen molar-refractivity contribution in [3.05, 3.63) is 89.5 Å². The lowest BCUT2D eigenvalue weighted by Crippen LogP contribution is -2.09. The Morgan fingerprint density at radius 1 is 0.933 bits per heavy atom. The Morgan fingerprint density at radius 3 is 2.43 bits per heavy atom. The molecule has 3 aromatic rings. The smallest absolute Gasteiger partial charge is 0.248 e. The van der Waals surface area contributed by atoms with Gasteiger partial charge in [-0.1, -0.05) is 48.5 Å². The van der Waals surface area contributed by atoms with E-state index in [1.807, 2.05) is 73.7 Å². The van der Waals surface area contributed by atoms with Crippen molar-refractivity contribution in [3.8, 4) is 17.2 Å². The van der Waals surface area contributed by atoms with Gasteiger partial charge in [-0.3, -0.25) is 4.79 Å². The topological polar surface area (TPSA) is 56.8 Å². The second-order valence-corrected chi connectivity index (χ2v) is 6.68. The third-order valence-corrected chi connectivity index (χ3v) is 4.48. The van der Waals surface area contributed by atoms with Crippen LogP contribution in [0.25, 0.3) is 6.08 Å². The first-order valence-electron chi connectivity index (χ1n) is 9.58. The van der Waals surface area contributed by atoms with Gasteiger partial charge >= 0.3 is 0 Å². The zero-order chi connectivity index (χ0) is 21.3. The van der Waals surface area contributed by atoms with Crippen molar-refractivity contribution >= 4 is 17.7 Å². The largest absolute Gasteiger partial charge is 0.495 e. The summed E-state index contributed by atoms with van der Waals surface area (Å²) in [5.74, 6) is 1.53. The highest BCUT2D eigenvalue weighted by Gasteiger charge is 2.10. The Hall–Kier alpha value is -3.73. The Kier molecular flexibility index (Phi) is 7.11. The first-order chi connectivity index (χ1) is 14.6. The van der Waals surface area contributed by atoms with Crippen molar-refractivity contribution in [3.63, 3.8) is 0 Å². The van der Waals surface area contributed by atoms with Gasteiger partial charge in [-0.15, -0.1) is 0 Å². The number of hydrogen-bond acceptors (Lipinski definition) is 4. The molecule has 0 spiro atoms. The fourth-order valence-corrected chi connectivity index (χ4v) is 2.97. The molecule has 0 saturated carbocycles. The molecule has 0 atom stereocenters. The minimum atomic E-state index is -0.268. The summed E-state index contributed by atoms with van der Waals surface area (Å²) in [5.41, 5.74) is 3.44. The number of hydrogen-bond donors (Lipinski definition) is 1. The second kappa shape index (κ2) is 10.2. The number of methoxy groups -OCH3 is 2. The number of carbonyl (C=O) groups excluding carboxylic acids is 1. The van der Waals surface area contributed by atoms with Crippen LogP contribution in [0.1, 0.15) is 16.7 Å². The number of aryl methyl sites for hydroxylation is 1. The fourth-order valence-electron chi connectivity index (χ4n) is 2.97. The predicted molar refractivity (Wildman–Crippen MR) is 119 cm³/mol. The van der Waals surface area contributed by atoms with E-state index >= 15 is 0 Å². The molecule has 0 aromatic heterocycles. The quantitative estimate of drug-likeness (QED) is 0.523. The third-order valence-electron chi connectivity index (χ3n) is 4.48. The van der Waals surface area contributed by atoms with Crippen molar-refractivity contribution in [1.29, 1.82) is 0 Å². The number of rotatable bonds is 8. The molecule has 3 rings (SSSR count). The van der Waals surface area contributed by atoms with Gasteiger partial charge < -0.3 is 19.5 Å². The molecule has 0 saturated heterocycles. The highest BCUT2D eigenvalue weighted by Crippen LogP contribution is 2.33. The van der Waals surface area contributed by atoms with E-state index in [4.69, 9.17) is 14.2 Å². The zero-order valence-electron chi connectivity index (χ0n) is 17.3. The summed E-state index contributed by atoms with van der Waals surface area (Å²) in [6, 6.07) is 21.1. The molecule has 0 radical (unpaired) electrons. The van der Waals surface area contributed by atoms with Gasteiger partial charge in [0.25, 0.3) is 0 Å². The molecule has 0 aliphatic heterocycles. The van der Waals surface area contributed by atoms with Gasteiger partial charge in [0.1, 0.15) is 12.4 Å². The summed E-state index contributed by atoms with van der Waals surface area (Å²) in [4.78, 5) is 12.5. The average Bonchev–Trinajstić information content (AvgIpc) is 2.77. The maximum atomic E-state index is 12.5. The number of para-hydroxylation sites is 1. The predicted octanol–water partition coefficient (Wildman–Crippen LogP) is 5.24. The highest BCUT2D eigenvalue weighted by molar-refractivity contribution is 6.03. The van der Waals surface area contributed by atoms with Crippen molar-refractivity contribution in [2.75, 3.05) is 19.5 Å². The molecular formula is C25H25NO4. The normalized spacial score (nSPS) is 10.6. The van der Waals surface area contributed by atoms with Crippen LogP contribution in [0.2, 0.25) is 0 Å². The number of nitrogens with one attached hydrogen (secondary N) is 1. The number of anilines is 1. The monoisotopic (exact) mass is 403 g/mol.